The van der Waals surface area contributed by atoms with Crippen LogP contribution in [0.25, 0.3) is 5.69 Å². The molecule has 4 heteroatoms. The first-order valence-electron chi connectivity index (χ1n) is 6.00. The molecule has 0 fully saturated rings. The molecule has 1 N–H and O–H groups in total. The van der Waals surface area contributed by atoms with E-state index in [2.05, 4.69) is 11.9 Å². The van der Waals surface area contributed by atoms with Crippen molar-refractivity contribution in [3.05, 3.63) is 47.5 Å². The molecule has 4 nitrogen and oxygen atoms in total. The summed E-state index contributed by atoms with van der Waals surface area (Å²) in [5.41, 5.74) is 2.06. The molecule has 2 aromatic rings. The Kier molecular flexibility index (Phi) is 3.46. The third-order valence-electron chi connectivity index (χ3n) is 2.91. The van der Waals surface area contributed by atoms with Gasteiger partial charge in [0.1, 0.15) is 5.82 Å². The van der Waals surface area contributed by atoms with Gasteiger partial charge in [0.25, 0.3) is 0 Å². The number of carboxylic acids is 1. The normalized spacial score (nSPS) is 10.6. The van der Waals surface area contributed by atoms with E-state index < -0.39 is 5.97 Å². The minimum atomic E-state index is -0.890. The van der Waals surface area contributed by atoms with Gasteiger partial charge in [-0.25, -0.2) is 9.78 Å². The summed E-state index contributed by atoms with van der Waals surface area (Å²) < 4.78 is 2.00. The Labute approximate surface area is 106 Å². The fourth-order valence-corrected chi connectivity index (χ4v) is 2.02. The lowest BCUT2D eigenvalue weighted by Gasteiger charge is -2.09. The minimum Gasteiger partial charge on any atom is -0.478 e. The number of hydrogen-bond acceptors (Lipinski definition) is 2. The first-order chi connectivity index (χ1) is 8.63. The molecule has 0 aliphatic carbocycles. The third kappa shape index (κ3) is 2.27. The van der Waals surface area contributed by atoms with Crippen LogP contribution in [-0.4, -0.2) is 20.6 Å². The van der Waals surface area contributed by atoms with Crippen LogP contribution >= 0.6 is 0 Å². The second kappa shape index (κ2) is 5.04. The second-order valence-corrected chi connectivity index (χ2v) is 4.27. The third-order valence-corrected chi connectivity index (χ3v) is 2.91. The van der Waals surface area contributed by atoms with Crippen LogP contribution in [-0.2, 0) is 6.42 Å². The van der Waals surface area contributed by atoms with Gasteiger partial charge in [0.05, 0.1) is 5.56 Å². The van der Waals surface area contributed by atoms with Gasteiger partial charge in [-0.1, -0.05) is 6.92 Å². The summed E-state index contributed by atoms with van der Waals surface area (Å²) in [6, 6.07) is 5.34. The van der Waals surface area contributed by atoms with E-state index in [4.69, 9.17) is 5.11 Å². The number of aromatic carboxylic acids is 1. The average molecular weight is 244 g/mol. The molecule has 1 aromatic carbocycles. The maximum absolute atomic E-state index is 11.0. The number of benzene rings is 1. The molecule has 0 radical (unpaired) electrons. The lowest BCUT2D eigenvalue weighted by atomic mass is 10.1. The van der Waals surface area contributed by atoms with Crippen molar-refractivity contribution in [1.82, 2.24) is 9.55 Å². The average Bonchev–Trinajstić information content (AvgIpc) is 2.77. The highest BCUT2D eigenvalue weighted by Crippen LogP contribution is 2.17. The Morgan fingerprint density at radius 2 is 2.22 bits per heavy atom. The quantitative estimate of drug-likeness (QED) is 0.899. The van der Waals surface area contributed by atoms with Crippen LogP contribution in [0, 0.1) is 6.92 Å². The lowest BCUT2D eigenvalue weighted by molar-refractivity contribution is 0.0696. The van der Waals surface area contributed by atoms with E-state index in [1.165, 1.54) is 0 Å². The topological polar surface area (TPSA) is 55.1 Å². The SMILES string of the molecule is CCCc1nccn1-c1ccc(C(=O)O)c(C)c1. The number of carboxylic acid groups (broad SMARTS) is 1. The molecule has 2 rings (SSSR count). The van der Waals surface area contributed by atoms with Crippen LogP contribution in [0.15, 0.2) is 30.6 Å². The molecule has 0 saturated carbocycles. The summed E-state index contributed by atoms with van der Waals surface area (Å²) in [6.07, 6.45) is 5.61. The number of carbonyl (C=O) groups is 1. The largest absolute Gasteiger partial charge is 0.478 e. The number of hydrogen-bond donors (Lipinski definition) is 1. The van der Waals surface area contributed by atoms with Gasteiger partial charge in [-0.05, 0) is 37.1 Å². The standard InChI is InChI=1S/C14H16N2O2/c1-3-4-13-15-7-8-16(13)11-5-6-12(14(17)18)10(2)9-11/h5-9H,3-4H2,1-2H3,(H,17,18). The molecule has 0 spiro atoms. The summed E-state index contributed by atoms with van der Waals surface area (Å²) in [4.78, 5) is 15.3. The summed E-state index contributed by atoms with van der Waals surface area (Å²) in [5.74, 6) is 0.110. The van der Waals surface area contributed by atoms with Crippen molar-refractivity contribution in [3.8, 4) is 5.69 Å². The lowest BCUT2D eigenvalue weighted by Crippen LogP contribution is -2.04. The molecule has 1 aromatic heterocycles. The Hall–Kier alpha value is -2.10. The number of nitrogens with zero attached hydrogens (tertiary/aromatic N) is 2. The van der Waals surface area contributed by atoms with Crippen LogP contribution in [0.4, 0.5) is 0 Å². The monoisotopic (exact) mass is 244 g/mol. The van der Waals surface area contributed by atoms with Crippen molar-refractivity contribution >= 4 is 5.97 Å². The zero-order valence-electron chi connectivity index (χ0n) is 10.6. The van der Waals surface area contributed by atoms with Gasteiger partial charge in [-0.15, -0.1) is 0 Å². The van der Waals surface area contributed by atoms with Gasteiger partial charge < -0.3 is 9.67 Å². The molecule has 1 heterocycles. The molecule has 0 atom stereocenters. The molecule has 18 heavy (non-hydrogen) atoms. The van der Waals surface area contributed by atoms with E-state index in [0.29, 0.717) is 5.56 Å². The summed E-state index contributed by atoms with van der Waals surface area (Å²) in [7, 11) is 0. The van der Waals surface area contributed by atoms with Crippen LogP contribution in [0.1, 0.15) is 35.1 Å². The highest BCUT2D eigenvalue weighted by Gasteiger charge is 2.09. The molecule has 0 amide bonds. The maximum Gasteiger partial charge on any atom is 0.335 e. The molecular formula is C14H16N2O2. The highest BCUT2D eigenvalue weighted by molar-refractivity contribution is 5.89. The Balaban J connectivity index is 2.42. The van der Waals surface area contributed by atoms with Crippen LogP contribution in [0.3, 0.4) is 0 Å². The zero-order valence-corrected chi connectivity index (χ0v) is 10.6. The summed E-state index contributed by atoms with van der Waals surface area (Å²) in [6.45, 7) is 3.92. The van der Waals surface area contributed by atoms with Crippen molar-refractivity contribution in [1.29, 1.82) is 0 Å². The molecule has 0 unspecified atom stereocenters. The van der Waals surface area contributed by atoms with E-state index in [9.17, 15) is 4.79 Å². The molecule has 0 saturated heterocycles. The van der Waals surface area contributed by atoms with Gasteiger partial charge >= 0.3 is 5.97 Å². The Morgan fingerprint density at radius 3 is 2.83 bits per heavy atom. The molecule has 0 bridgehead atoms. The van der Waals surface area contributed by atoms with E-state index in [-0.39, 0.29) is 0 Å². The van der Waals surface area contributed by atoms with Crippen molar-refractivity contribution in [2.24, 2.45) is 0 Å². The number of aryl methyl sites for hydroxylation is 2. The van der Waals surface area contributed by atoms with Crippen LogP contribution in [0.5, 0.6) is 0 Å². The second-order valence-electron chi connectivity index (χ2n) is 4.27. The minimum absolute atomic E-state index is 0.343. The van der Waals surface area contributed by atoms with E-state index >= 15 is 0 Å². The van der Waals surface area contributed by atoms with Crippen LogP contribution in [0.2, 0.25) is 0 Å². The van der Waals surface area contributed by atoms with Gasteiger partial charge in [-0.3, -0.25) is 0 Å². The van der Waals surface area contributed by atoms with Gasteiger partial charge in [0.15, 0.2) is 0 Å². The smallest absolute Gasteiger partial charge is 0.335 e. The number of imidazole rings is 1. The summed E-state index contributed by atoms with van der Waals surface area (Å²) >= 11 is 0. The van der Waals surface area contributed by atoms with Gasteiger partial charge in [0.2, 0.25) is 0 Å². The van der Waals surface area contributed by atoms with E-state index in [0.717, 1.165) is 29.9 Å². The highest BCUT2D eigenvalue weighted by atomic mass is 16.4. The predicted octanol–water partition coefficient (Wildman–Crippen LogP) is 2.83. The molecular weight excluding hydrogens is 228 g/mol. The molecule has 94 valence electrons. The van der Waals surface area contributed by atoms with E-state index in [1.54, 1.807) is 12.3 Å². The fraction of sp³-hybridized carbons (Fsp3) is 0.286. The maximum atomic E-state index is 11.0. The first kappa shape index (κ1) is 12.4. The van der Waals surface area contributed by atoms with Gasteiger partial charge in [0, 0.05) is 24.5 Å². The van der Waals surface area contributed by atoms with Crippen molar-refractivity contribution < 1.29 is 9.90 Å². The van der Waals surface area contributed by atoms with Gasteiger partial charge in [-0.2, -0.15) is 0 Å². The first-order valence-corrected chi connectivity index (χ1v) is 6.00. The number of aromatic nitrogens is 2. The fourth-order valence-electron chi connectivity index (χ4n) is 2.02. The Bertz CT molecular complexity index is 573. The number of rotatable bonds is 4. The molecule has 0 aliphatic rings. The predicted molar refractivity (Wildman–Crippen MR) is 69.3 cm³/mol. The van der Waals surface area contributed by atoms with Crippen LogP contribution < -0.4 is 0 Å². The summed E-state index contributed by atoms with van der Waals surface area (Å²) in [5, 5.41) is 9.01. The Morgan fingerprint density at radius 1 is 1.44 bits per heavy atom. The molecule has 0 aliphatic heterocycles. The van der Waals surface area contributed by atoms with E-state index in [1.807, 2.05) is 29.8 Å². The van der Waals surface area contributed by atoms with Crippen molar-refractivity contribution in [2.45, 2.75) is 26.7 Å². The van der Waals surface area contributed by atoms with Crippen molar-refractivity contribution in [2.75, 3.05) is 0 Å². The van der Waals surface area contributed by atoms with Crippen molar-refractivity contribution in [3.63, 3.8) is 0 Å². The zero-order chi connectivity index (χ0) is 13.1.